The molecule has 0 saturated heterocycles. The van der Waals surface area contributed by atoms with Crippen LogP contribution in [0.5, 0.6) is 0 Å². The van der Waals surface area contributed by atoms with Crippen LogP contribution in [0.25, 0.3) is 27.2 Å². The second-order valence-electron chi connectivity index (χ2n) is 7.19. The monoisotopic (exact) mass is 401 g/mol. The highest BCUT2D eigenvalue weighted by Gasteiger charge is 2.33. The lowest BCUT2D eigenvalue weighted by Crippen LogP contribution is -2.32. The second kappa shape index (κ2) is 5.34. The number of aromatic nitrogens is 1. The quantitative estimate of drug-likeness (QED) is 0.401. The molecule has 3 aromatic carbocycles. The highest BCUT2D eigenvalue weighted by atomic mass is 32.2. The summed E-state index contributed by atoms with van der Waals surface area (Å²) < 4.78 is 29.0. The van der Waals surface area contributed by atoms with Crippen molar-refractivity contribution >= 4 is 48.6 Å². The molecule has 3 nitrogen and oxygen atoms in total. The fraction of sp³-hybridized carbons (Fsp3) is 0.0435. The smallest absolute Gasteiger partial charge is 0.233 e. The molecule has 28 heavy (non-hydrogen) atoms. The minimum Gasteiger partial charge on any atom is -0.233 e. The van der Waals surface area contributed by atoms with Crippen LogP contribution in [0, 0.1) is 6.92 Å². The highest BCUT2D eigenvalue weighted by molar-refractivity contribution is 7.90. The second-order valence-corrected chi connectivity index (χ2v) is 9.72. The first kappa shape index (κ1) is 16.1. The molecule has 0 unspecified atom stereocenters. The molecule has 0 atom stereocenters. The molecule has 0 saturated carbocycles. The summed E-state index contributed by atoms with van der Waals surface area (Å²) in [6.07, 6.45) is 0. The molecule has 0 fully saturated rings. The predicted octanol–water partition coefficient (Wildman–Crippen LogP) is 4.68. The molecule has 0 spiro atoms. The lowest BCUT2D eigenvalue weighted by Gasteiger charge is -2.21. The van der Waals surface area contributed by atoms with E-state index in [0.717, 1.165) is 49.3 Å². The lowest BCUT2D eigenvalue weighted by atomic mass is 9.96. The SMILES string of the molecule is Cc1ccc2c(c1)C(c1ccsc1)=c1c3cccc4cccc(c43)n1S2(=O)=O. The van der Waals surface area contributed by atoms with E-state index in [-0.39, 0.29) is 0 Å². The molecule has 0 amide bonds. The first-order chi connectivity index (χ1) is 13.6. The molecule has 0 radical (unpaired) electrons. The zero-order valence-corrected chi connectivity index (χ0v) is 16.6. The Morgan fingerprint density at radius 1 is 0.964 bits per heavy atom. The topological polar surface area (TPSA) is 39.1 Å². The minimum absolute atomic E-state index is 0.368. The number of thiophene rings is 1. The number of benzene rings is 3. The fourth-order valence-corrected chi connectivity index (χ4v) is 6.76. The maximum Gasteiger partial charge on any atom is 0.269 e. The minimum atomic E-state index is -3.70. The fourth-order valence-electron chi connectivity index (χ4n) is 4.39. The largest absolute Gasteiger partial charge is 0.269 e. The molecule has 0 N–H and O–H groups in total. The van der Waals surface area contributed by atoms with Crippen LogP contribution in [0.3, 0.4) is 0 Å². The standard InChI is InChI=1S/C23H15NO2S2/c1-14-8-9-20-18(12-14)22(16-10-11-27-13-16)23-17-6-2-4-15-5-3-7-19(21(15)17)24(23)28(20,25)26/h2-13H,1H3. The Kier molecular flexibility index (Phi) is 3.07. The first-order valence-electron chi connectivity index (χ1n) is 9.03. The van der Waals surface area contributed by atoms with Crippen LogP contribution in [0.4, 0.5) is 0 Å². The summed E-state index contributed by atoms with van der Waals surface area (Å²) in [7, 11) is -3.70. The van der Waals surface area contributed by atoms with Gasteiger partial charge in [0.25, 0.3) is 10.0 Å². The van der Waals surface area contributed by atoms with Crippen LogP contribution < -0.4 is 5.35 Å². The molecular formula is C23H15NO2S2. The van der Waals surface area contributed by atoms with Gasteiger partial charge in [0.05, 0.1) is 15.8 Å². The van der Waals surface area contributed by atoms with Crippen molar-refractivity contribution in [2.45, 2.75) is 11.8 Å². The number of aryl methyl sites for hydroxylation is 1. The van der Waals surface area contributed by atoms with Crippen LogP contribution in [-0.2, 0) is 10.0 Å². The van der Waals surface area contributed by atoms with Gasteiger partial charge >= 0.3 is 0 Å². The number of rotatable bonds is 1. The van der Waals surface area contributed by atoms with Gasteiger partial charge in [0.2, 0.25) is 0 Å². The zero-order chi connectivity index (χ0) is 19.0. The molecule has 6 rings (SSSR count). The van der Waals surface area contributed by atoms with Crippen molar-refractivity contribution in [3.05, 3.63) is 93.5 Å². The van der Waals surface area contributed by atoms with Crippen LogP contribution in [0.1, 0.15) is 16.7 Å². The summed E-state index contributed by atoms with van der Waals surface area (Å²) in [6, 6.07) is 19.6. The van der Waals surface area contributed by atoms with Crippen LogP contribution in [0.2, 0.25) is 0 Å². The van der Waals surface area contributed by atoms with Gasteiger partial charge in [-0.25, -0.2) is 12.4 Å². The van der Waals surface area contributed by atoms with Crippen molar-refractivity contribution in [1.82, 2.24) is 3.97 Å². The summed E-state index contributed by atoms with van der Waals surface area (Å²) in [6.45, 7) is 2.00. The highest BCUT2D eigenvalue weighted by Crippen LogP contribution is 2.37. The van der Waals surface area contributed by atoms with E-state index in [9.17, 15) is 8.42 Å². The Labute approximate surface area is 166 Å². The molecule has 2 aromatic heterocycles. The van der Waals surface area contributed by atoms with Gasteiger partial charge in [0.1, 0.15) is 0 Å². The third-order valence-electron chi connectivity index (χ3n) is 5.53. The van der Waals surface area contributed by atoms with Crippen molar-refractivity contribution in [2.75, 3.05) is 0 Å². The summed E-state index contributed by atoms with van der Waals surface area (Å²) in [5.74, 6) is 0. The molecule has 5 aromatic rings. The summed E-state index contributed by atoms with van der Waals surface area (Å²) in [4.78, 5) is 0.368. The van der Waals surface area contributed by atoms with Gasteiger partial charge in [0.15, 0.2) is 0 Å². The summed E-state index contributed by atoms with van der Waals surface area (Å²) in [5, 5.41) is 7.92. The molecule has 136 valence electrons. The van der Waals surface area contributed by atoms with E-state index in [2.05, 4.69) is 11.4 Å². The average molecular weight is 402 g/mol. The molecule has 1 aliphatic rings. The molecule has 1 aliphatic heterocycles. The first-order valence-corrected chi connectivity index (χ1v) is 11.4. The number of fused-ring (bicyclic) bond motifs is 4. The van der Waals surface area contributed by atoms with Crippen molar-refractivity contribution < 1.29 is 8.42 Å². The van der Waals surface area contributed by atoms with Gasteiger partial charge in [-0.15, -0.1) is 0 Å². The van der Waals surface area contributed by atoms with Gasteiger partial charge in [-0.2, -0.15) is 11.3 Å². The van der Waals surface area contributed by atoms with E-state index in [1.165, 1.54) is 0 Å². The maximum absolute atomic E-state index is 13.7. The third kappa shape index (κ3) is 1.90. The van der Waals surface area contributed by atoms with Gasteiger partial charge in [0, 0.05) is 21.9 Å². The van der Waals surface area contributed by atoms with Crippen molar-refractivity contribution in [3.8, 4) is 0 Å². The van der Waals surface area contributed by atoms with E-state index in [1.807, 2.05) is 60.8 Å². The van der Waals surface area contributed by atoms with Crippen molar-refractivity contribution in [2.24, 2.45) is 0 Å². The van der Waals surface area contributed by atoms with Gasteiger partial charge in [-0.3, -0.25) is 0 Å². The lowest BCUT2D eigenvalue weighted by molar-refractivity contribution is 0.586. The van der Waals surface area contributed by atoms with E-state index >= 15 is 0 Å². The molecule has 3 heterocycles. The van der Waals surface area contributed by atoms with Crippen molar-refractivity contribution in [3.63, 3.8) is 0 Å². The van der Waals surface area contributed by atoms with E-state index in [0.29, 0.717) is 4.90 Å². The number of hydrogen-bond acceptors (Lipinski definition) is 3. The zero-order valence-electron chi connectivity index (χ0n) is 15.0. The van der Waals surface area contributed by atoms with Gasteiger partial charge in [-0.1, -0.05) is 42.0 Å². The molecule has 0 aliphatic carbocycles. The van der Waals surface area contributed by atoms with E-state index < -0.39 is 10.0 Å². The molecule has 0 bridgehead atoms. The Morgan fingerprint density at radius 3 is 2.57 bits per heavy atom. The maximum atomic E-state index is 13.7. The van der Waals surface area contributed by atoms with Crippen LogP contribution >= 0.6 is 11.3 Å². The predicted molar refractivity (Wildman–Crippen MR) is 114 cm³/mol. The van der Waals surface area contributed by atoms with E-state index in [4.69, 9.17) is 0 Å². The summed E-state index contributed by atoms with van der Waals surface area (Å²) >= 11 is 1.62. The molecular weight excluding hydrogens is 386 g/mol. The Hall–Kier alpha value is -2.89. The van der Waals surface area contributed by atoms with Crippen LogP contribution in [-0.4, -0.2) is 12.4 Å². The summed E-state index contributed by atoms with van der Waals surface area (Å²) in [5.41, 5.74) is 4.61. The Balaban J connectivity index is 2.02. The van der Waals surface area contributed by atoms with Crippen LogP contribution in [0.15, 0.2) is 76.3 Å². The Morgan fingerprint density at radius 2 is 1.79 bits per heavy atom. The van der Waals surface area contributed by atoms with E-state index in [1.54, 1.807) is 21.4 Å². The average Bonchev–Trinajstić information content (AvgIpc) is 3.31. The number of hydrogen-bond donors (Lipinski definition) is 0. The van der Waals surface area contributed by atoms with Gasteiger partial charge in [-0.05, 0) is 52.9 Å². The van der Waals surface area contributed by atoms with Gasteiger partial charge < -0.3 is 0 Å². The Bertz CT molecular complexity index is 1570. The molecule has 5 heteroatoms. The third-order valence-corrected chi connectivity index (χ3v) is 7.98. The number of nitrogens with zero attached hydrogens (tertiary/aromatic N) is 1. The normalized spacial score (nSPS) is 15.1. The van der Waals surface area contributed by atoms with Crippen molar-refractivity contribution in [1.29, 1.82) is 0 Å².